The lowest BCUT2D eigenvalue weighted by Gasteiger charge is -2.35. The summed E-state index contributed by atoms with van der Waals surface area (Å²) in [6.07, 6.45) is 3.43. The fraction of sp³-hybridized carbons (Fsp3) is 0.350. The lowest BCUT2D eigenvalue weighted by molar-refractivity contribution is 0.0662. The molecule has 0 atom stereocenters. The molecular weight excluding hydrogens is 392 g/mol. The highest BCUT2D eigenvalue weighted by Gasteiger charge is 2.25. The number of nitrogens with zero attached hydrogens (tertiary/aromatic N) is 4. The van der Waals surface area contributed by atoms with Gasteiger partial charge in [0.25, 0.3) is 5.91 Å². The second-order valence-electron chi connectivity index (χ2n) is 6.19. The number of furan rings is 1. The van der Waals surface area contributed by atoms with Crippen LogP contribution < -0.4 is 9.47 Å². The van der Waals surface area contributed by atoms with Crippen molar-refractivity contribution in [1.82, 2.24) is 9.80 Å². The van der Waals surface area contributed by atoms with Gasteiger partial charge in [0.15, 0.2) is 22.4 Å². The van der Waals surface area contributed by atoms with E-state index in [0.717, 1.165) is 5.17 Å². The van der Waals surface area contributed by atoms with Gasteiger partial charge in [-0.3, -0.25) is 4.79 Å². The monoisotopic (exact) mass is 414 g/mol. The Bertz CT molecular complexity index is 929. The van der Waals surface area contributed by atoms with E-state index in [2.05, 4.69) is 11.0 Å². The third-order valence-electron chi connectivity index (χ3n) is 4.59. The second kappa shape index (κ2) is 9.39. The molecule has 0 bridgehead atoms. The number of benzene rings is 1. The second-order valence-corrected chi connectivity index (χ2v) is 6.96. The summed E-state index contributed by atoms with van der Waals surface area (Å²) in [7, 11) is 3.07. The van der Waals surface area contributed by atoms with E-state index in [0.29, 0.717) is 54.7 Å². The van der Waals surface area contributed by atoms with Gasteiger partial charge in [0.05, 0.1) is 31.7 Å². The molecule has 29 heavy (non-hydrogen) atoms. The van der Waals surface area contributed by atoms with Crippen LogP contribution >= 0.6 is 11.8 Å². The number of rotatable bonds is 4. The highest BCUT2D eigenvalue weighted by Crippen LogP contribution is 2.35. The lowest BCUT2D eigenvalue weighted by atomic mass is 10.1. The quantitative estimate of drug-likeness (QED) is 0.561. The fourth-order valence-corrected chi connectivity index (χ4v) is 3.69. The molecule has 8 nitrogen and oxygen atoms in total. The Labute approximate surface area is 173 Å². The van der Waals surface area contributed by atoms with E-state index in [4.69, 9.17) is 18.9 Å². The van der Waals surface area contributed by atoms with Gasteiger partial charge in [0.2, 0.25) is 0 Å². The van der Waals surface area contributed by atoms with Gasteiger partial charge in [0, 0.05) is 38.3 Å². The van der Waals surface area contributed by atoms with Crippen LogP contribution in [0.4, 0.5) is 5.69 Å². The molecule has 0 N–H and O–H groups in total. The van der Waals surface area contributed by atoms with Crippen molar-refractivity contribution in [2.75, 3.05) is 46.7 Å². The van der Waals surface area contributed by atoms with Gasteiger partial charge in [0.1, 0.15) is 6.07 Å². The molecule has 0 unspecified atom stereocenters. The van der Waals surface area contributed by atoms with Crippen molar-refractivity contribution < 1.29 is 18.7 Å². The highest BCUT2D eigenvalue weighted by molar-refractivity contribution is 8.13. The van der Waals surface area contributed by atoms with Gasteiger partial charge in [-0.25, -0.2) is 4.99 Å². The standard InChI is InChI=1S/C20H22N4O4S/c1-26-17-11-14(13-21)15(12-18(17)27-2)22-20(29-3)24-8-6-23(7-9-24)19(25)16-5-4-10-28-16/h4-5,10-12H,6-9H2,1-3H3. The highest BCUT2D eigenvalue weighted by atomic mass is 32.2. The number of piperazine rings is 1. The molecule has 1 amide bonds. The molecule has 0 saturated carbocycles. The molecular formula is C20H22N4O4S. The van der Waals surface area contributed by atoms with Gasteiger partial charge in [-0.2, -0.15) is 5.26 Å². The minimum atomic E-state index is -0.107. The maximum absolute atomic E-state index is 12.4. The Hall–Kier alpha value is -3.12. The molecule has 0 spiro atoms. The first-order valence-electron chi connectivity index (χ1n) is 8.97. The summed E-state index contributed by atoms with van der Waals surface area (Å²) in [6.45, 7) is 2.41. The number of thioether (sulfide) groups is 1. The smallest absolute Gasteiger partial charge is 0.289 e. The Morgan fingerprint density at radius 1 is 1.17 bits per heavy atom. The van der Waals surface area contributed by atoms with E-state index < -0.39 is 0 Å². The van der Waals surface area contributed by atoms with Gasteiger partial charge in [-0.15, -0.1) is 0 Å². The molecule has 2 aromatic rings. The number of hydrogen-bond acceptors (Lipinski definition) is 7. The molecule has 3 rings (SSSR count). The average molecular weight is 414 g/mol. The molecule has 0 radical (unpaired) electrons. The molecule has 0 aliphatic carbocycles. The summed E-state index contributed by atoms with van der Waals surface area (Å²) in [4.78, 5) is 21.0. The van der Waals surface area contributed by atoms with E-state index in [1.165, 1.54) is 25.1 Å². The SMILES string of the molecule is COc1cc(C#N)c(N=C(SC)N2CCN(C(=O)c3ccco3)CC2)cc1OC. The average Bonchev–Trinajstić information content (AvgIpc) is 3.31. The Kier molecular flexibility index (Phi) is 6.67. The zero-order chi connectivity index (χ0) is 20.8. The number of carbonyl (C=O) groups excluding carboxylic acids is 1. The third kappa shape index (κ3) is 4.49. The third-order valence-corrected chi connectivity index (χ3v) is 5.30. The molecule has 1 aliphatic rings. The first-order chi connectivity index (χ1) is 14.1. The summed E-state index contributed by atoms with van der Waals surface area (Å²) >= 11 is 1.49. The number of amidine groups is 1. The largest absolute Gasteiger partial charge is 0.493 e. The summed E-state index contributed by atoms with van der Waals surface area (Å²) in [5.41, 5.74) is 0.921. The van der Waals surface area contributed by atoms with Crippen molar-refractivity contribution in [2.24, 2.45) is 4.99 Å². The molecule has 1 aromatic heterocycles. The Morgan fingerprint density at radius 2 is 1.83 bits per heavy atom. The predicted octanol–water partition coefficient (Wildman–Crippen LogP) is 2.98. The first-order valence-corrected chi connectivity index (χ1v) is 10.2. The minimum Gasteiger partial charge on any atom is -0.493 e. The van der Waals surface area contributed by atoms with E-state index in [-0.39, 0.29) is 5.91 Å². The van der Waals surface area contributed by atoms with Gasteiger partial charge in [-0.05, 0) is 18.4 Å². The fourth-order valence-electron chi connectivity index (χ4n) is 3.06. The van der Waals surface area contributed by atoms with E-state index in [1.54, 1.807) is 36.3 Å². The minimum absolute atomic E-state index is 0.107. The van der Waals surface area contributed by atoms with Crippen LogP contribution in [0.5, 0.6) is 11.5 Å². The van der Waals surface area contributed by atoms with Crippen LogP contribution in [0.25, 0.3) is 0 Å². The van der Waals surface area contributed by atoms with E-state index in [9.17, 15) is 10.1 Å². The van der Waals surface area contributed by atoms with Gasteiger partial charge >= 0.3 is 0 Å². The number of amides is 1. The molecule has 2 heterocycles. The number of ether oxygens (including phenoxy) is 2. The number of nitriles is 1. The summed E-state index contributed by atoms with van der Waals surface area (Å²) in [6, 6.07) is 8.85. The van der Waals surface area contributed by atoms with Crippen molar-refractivity contribution in [3.8, 4) is 17.6 Å². The molecule has 1 aromatic carbocycles. The zero-order valence-corrected chi connectivity index (χ0v) is 17.4. The Morgan fingerprint density at radius 3 is 2.38 bits per heavy atom. The van der Waals surface area contributed by atoms with Crippen molar-refractivity contribution in [1.29, 1.82) is 5.26 Å². The maximum Gasteiger partial charge on any atom is 0.289 e. The van der Waals surface area contributed by atoms with E-state index >= 15 is 0 Å². The maximum atomic E-state index is 12.4. The van der Waals surface area contributed by atoms with E-state index in [1.807, 2.05) is 6.26 Å². The molecule has 1 aliphatic heterocycles. The van der Waals surface area contributed by atoms with Crippen LogP contribution in [-0.2, 0) is 0 Å². The molecule has 1 fully saturated rings. The number of hydrogen-bond donors (Lipinski definition) is 0. The van der Waals surface area contributed by atoms with Gasteiger partial charge in [-0.1, -0.05) is 11.8 Å². The normalized spacial score (nSPS) is 14.5. The van der Waals surface area contributed by atoms with Gasteiger partial charge < -0.3 is 23.7 Å². The number of aliphatic imine (C=N–C) groups is 1. The summed E-state index contributed by atoms with van der Waals surface area (Å²) < 4.78 is 15.8. The van der Waals surface area contributed by atoms with Crippen LogP contribution in [0.15, 0.2) is 39.9 Å². The van der Waals surface area contributed by atoms with Crippen molar-refractivity contribution >= 4 is 28.5 Å². The molecule has 9 heteroatoms. The van der Waals surface area contributed by atoms with Crippen molar-refractivity contribution in [3.63, 3.8) is 0 Å². The molecule has 1 saturated heterocycles. The Balaban J connectivity index is 1.78. The van der Waals surface area contributed by atoms with Crippen molar-refractivity contribution in [2.45, 2.75) is 0 Å². The van der Waals surface area contributed by atoms with Crippen LogP contribution in [0.3, 0.4) is 0 Å². The van der Waals surface area contributed by atoms with Crippen LogP contribution in [0, 0.1) is 11.3 Å². The summed E-state index contributed by atoms with van der Waals surface area (Å²) in [5.74, 6) is 1.24. The number of carbonyl (C=O) groups is 1. The topological polar surface area (TPSA) is 91.3 Å². The summed E-state index contributed by atoms with van der Waals surface area (Å²) in [5, 5.41) is 10.3. The number of methoxy groups -OCH3 is 2. The van der Waals surface area contributed by atoms with Crippen LogP contribution in [0.2, 0.25) is 0 Å². The molecule has 152 valence electrons. The van der Waals surface area contributed by atoms with Crippen LogP contribution in [0.1, 0.15) is 16.1 Å². The van der Waals surface area contributed by atoms with Crippen molar-refractivity contribution in [3.05, 3.63) is 41.9 Å². The lowest BCUT2D eigenvalue weighted by Crippen LogP contribution is -2.50. The first kappa shape index (κ1) is 20.6. The zero-order valence-electron chi connectivity index (χ0n) is 16.5. The van der Waals surface area contributed by atoms with Crippen LogP contribution in [-0.4, -0.2) is 67.5 Å². The predicted molar refractivity (Wildman–Crippen MR) is 111 cm³/mol.